The van der Waals surface area contributed by atoms with Crippen LogP contribution >= 0.6 is 0 Å². The Morgan fingerprint density at radius 3 is 2.90 bits per heavy atom. The third-order valence-electron chi connectivity index (χ3n) is 2.98. The molecule has 1 saturated heterocycles. The van der Waals surface area contributed by atoms with Crippen molar-refractivity contribution >= 4 is 6.09 Å². The number of amides is 1. The summed E-state index contributed by atoms with van der Waals surface area (Å²) in [6, 6.07) is 0. The third-order valence-corrected chi connectivity index (χ3v) is 2.98. The zero-order valence-electron chi connectivity index (χ0n) is 12.5. The van der Waals surface area contributed by atoms with Crippen LogP contribution in [0.1, 0.15) is 33.0 Å². The molecule has 0 radical (unpaired) electrons. The molecule has 0 spiro atoms. The van der Waals surface area contributed by atoms with Gasteiger partial charge in [0, 0.05) is 13.0 Å². The minimum atomic E-state index is -0.565. The van der Waals surface area contributed by atoms with E-state index in [9.17, 15) is 9.59 Å². The highest BCUT2D eigenvalue weighted by Crippen LogP contribution is 2.15. The highest BCUT2D eigenvalue weighted by atomic mass is 16.6. The van der Waals surface area contributed by atoms with E-state index in [1.165, 1.54) is 0 Å². The second-order valence-electron chi connectivity index (χ2n) is 6.00. The van der Waals surface area contributed by atoms with E-state index in [0.29, 0.717) is 38.4 Å². The Labute approximate surface area is 122 Å². The lowest BCUT2D eigenvalue weighted by Crippen LogP contribution is -2.47. The lowest BCUT2D eigenvalue weighted by molar-refractivity contribution is -0.0444. The summed E-state index contributed by atoms with van der Waals surface area (Å²) in [4.78, 5) is 27.0. The molecule has 2 heterocycles. The zero-order chi connectivity index (χ0) is 15.5. The Balaban J connectivity index is 1.83. The summed E-state index contributed by atoms with van der Waals surface area (Å²) in [6.45, 7) is 6.97. The van der Waals surface area contributed by atoms with Gasteiger partial charge in [0.15, 0.2) is 5.82 Å². The van der Waals surface area contributed by atoms with Crippen molar-refractivity contribution in [3.8, 4) is 0 Å². The molecule has 1 aliphatic rings. The van der Waals surface area contributed by atoms with E-state index in [-0.39, 0.29) is 12.2 Å². The molecule has 118 valence electrons. The number of H-pyrrole nitrogens is 1. The van der Waals surface area contributed by atoms with Crippen molar-refractivity contribution in [2.45, 2.75) is 45.3 Å². The fourth-order valence-corrected chi connectivity index (χ4v) is 2.05. The summed E-state index contributed by atoms with van der Waals surface area (Å²) in [7, 11) is 0. The predicted molar refractivity (Wildman–Crippen MR) is 73.0 cm³/mol. The number of ether oxygens (including phenoxy) is 2. The maximum absolute atomic E-state index is 12.0. The minimum Gasteiger partial charge on any atom is -0.444 e. The van der Waals surface area contributed by atoms with Crippen LogP contribution < -0.4 is 5.76 Å². The number of aromatic amines is 1. The van der Waals surface area contributed by atoms with E-state index in [1.54, 1.807) is 4.90 Å². The second kappa shape index (κ2) is 6.30. The van der Waals surface area contributed by atoms with Gasteiger partial charge >= 0.3 is 11.8 Å². The maximum Gasteiger partial charge on any atom is 0.438 e. The molecular weight excluding hydrogens is 278 g/mol. The molecule has 1 amide bonds. The molecule has 0 unspecified atom stereocenters. The fraction of sp³-hybridized carbons (Fsp3) is 0.769. The van der Waals surface area contributed by atoms with Crippen molar-refractivity contribution in [1.29, 1.82) is 0 Å². The molecule has 1 aromatic rings. The van der Waals surface area contributed by atoms with Crippen LogP contribution in [0.15, 0.2) is 9.32 Å². The first kappa shape index (κ1) is 15.6. The topological polar surface area (TPSA) is 97.7 Å². The lowest BCUT2D eigenvalue weighted by Gasteiger charge is -2.34. The number of aryl methyl sites for hydroxylation is 1. The van der Waals surface area contributed by atoms with Gasteiger partial charge in [0.1, 0.15) is 5.60 Å². The van der Waals surface area contributed by atoms with Crippen molar-refractivity contribution < 1.29 is 18.8 Å². The smallest absolute Gasteiger partial charge is 0.438 e. The first-order valence-corrected chi connectivity index (χ1v) is 6.98. The molecule has 0 saturated carbocycles. The van der Waals surface area contributed by atoms with Crippen molar-refractivity contribution in [3.05, 3.63) is 16.4 Å². The Morgan fingerprint density at radius 2 is 2.29 bits per heavy atom. The van der Waals surface area contributed by atoms with Crippen molar-refractivity contribution in [2.75, 3.05) is 19.7 Å². The summed E-state index contributed by atoms with van der Waals surface area (Å²) < 4.78 is 15.4. The molecule has 1 N–H and O–H groups in total. The van der Waals surface area contributed by atoms with Gasteiger partial charge in [0.25, 0.3) is 0 Å². The van der Waals surface area contributed by atoms with Crippen LogP contribution in [0.5, 0.6) is 0 Å². The van der Waals surface area contributed by atoms with Gasteiger partial charge in [-0.3, -0.25) is 9.51 Å². The van der Waals surface area contributed by atoms with E-state index >= 15 is 0 Å². The third kappa shape index (κ3) is 4.89. The molecular formula is C13H21N3O5. The molecule has 1 aromatic heterocycles. The van der Waals surface area contributed by atoms with E-state index in [1.807, 2.05) is 20.8 Å². The monoisotopic (exact) mass is 299 g/mol. The Morgan fingerprint density at radius 1 is 1.52 bits per heavy atom. The van der Waals surface area contributed by atoms with Gasteiger partial charge in [-0.1, -0.05) is 5.16 Å². The molecule has 1 fully saturated rings. The van der Waals surface area contributed by atoms with E-state index < -0.39 is 11.4 Å². The van der Waals surface area contributed by atoms with Crippen molar-refractivity contribution in [3.63, 3.8) is 0 Å². The van der Waals surface area contributed by atoms with Gasteiger partial charge in [-0.25, -0.2) is 9.59 Å². The Hall–Kier alpha value is -1.83. The average Bonchev–Trinajstić information content (AvgIpc) is 2.81. The van der Waals surface area contributed by atoms with E-state index in [4.69, 9.17) is 9.47 Å². The van der Waals surface area contributed by atoms with Crippen molar-refractivity contribution in [2.24, 2.45) is 0 Å². The van der Waals surface area contributed by atoms with Crippen LogP contribution in [-0.4, -0.2) is 52.5 Å². The van der Waals surface area contributed by atoms with Gasteiger partial charge < -0.3 is 14.4 Å². The SMILES string of the molecule is CC(C)(C)OC(=O)N1CCO[C@H](CCc2noc(=O)[nH]2)C1. The van der Waals surface area contributed by atoms with Gasteiger partial charge in [-0.2, -0.15) is 0 Å². The second-order valence-corrected chi connectivity index (χ2v) is 6.00. The lowest BCUT2D eigenvalue weighted by atomic mass is 10.1. The fourth-order valence-electron chi connectivity index (χ4n) is 2.05. The molecule has 21 heavy (non-hydrogen) atoms. The normalized spacial score (nSPS) is 19.6. The van der Waals surface area contributed by atoms with E-state index in [0.717, 1.165) is 0 Å². The number of morpholine rings is 1. The first-order valence-electron chi connectivity index (χ1n) is 6.98. The quantitative estimate of drug-likeness (QED) is 0.891. The molecule has 8 nitrogen and oxygen atoms in total. The van der Waals surface area contributed by atoms with Gasteiger partial charge in [-0.15, -0.1) is 0 Å². The largest absolute Gasteiger partial charge is 0.444 e. The number of hydrogen-bond donors (Lipinski definition) is 1. The minimum absolute atomic E-state index is 0.105. The molecule has 2 rings (SSSR count). The number of aromatic nitrogens is 2. The molecule has 0 bridgehead atoms. The zero-order valence-corrected chi connectivity index (χ0v) is 12.5. The summed E-state index contributed by atoms with van der Waals surface area (Å²) in [5.74, 6) is -0.0806. The molecule has 0 aromatic carbocycles. The number of carbonyl (C=O) groups is 1. The van der Waals surface area contributed by atoms with Gasteiger partial charge in [0.05, 0.1) is 19.3 Å². The van der Waals surface area contributed by atoms with Gasteiger partial charge in [-0.05, 0) is 27.2 Å². The standard InChI is InChI=1S/C13H21N3O5/c1-13(2,3)20-12(18)16-6-7-19-9(8-16)4-5-10-14-11(17)21-15-10/h9H,4-8H2,1-3H3,(H,14,15,17)/t9-/m1/s1. The van der Waals surface area contributed by atoms with Crippen LogP contribution in [-0.2, 0) is 15.9 Å². The number of nitrogens with zero attached hydrogens (tertiary/aromatic N) is 2. The van der Waals surface area contributed by atoms with E-state index in [2.05, 4.69) is 14.7 Å². The Bertz CT molecular complexity index is 530. The van der Waals surface area contributed by atoms with Crippen LogP contribution in [0.4, 0.5) is 4.79 Å². The summed E-state index contributed by atoms with van der Waals surface area (Å²) in [5.41, 5.74) is -0.509. The first-order chi connectivity index (χ1) is 9.83. The van der Waals surface area contributed by atoms with Crippen molar-refractivity contribution in [1.82, 2.24) is 15.0 Å². The van der Waals surface area contributed by atoms with Gasteiger partial charge in [0.2, 0.25) is 0 Å². The predicted octanol–water partition coefficient (Wildman–Crippen LogP) is 0.931. The Kier molecular flexibility index (Phi) is 4.66. The number of carbonyl (C=O) groups excluding carboxylic acids is 1. The summed E-state index contributed by atoms with van der Waals surface area (Å²) in [6.07, 6.45) is 0.734. The van der Waals surface area contributed by atoms with Crippen LogP contribution in [0.3, 0.4) is 0 Å². The molecule has 1 atom stereocenters. The number of rotatable bonds is 3. The average molecular weight is 299 g/mol. The molecule has 0 aliphatic carbocycles. The summed E-state index contributed by atoms with van der Waals surface area (Å²) >= 11 is 0. The maximum atomic E-state index is 12.0. The highest BCUT2D eigenvalue weighted by Gasteiger charge is 2.28. The number of nitrogens with one attached hydrogen (secondary N) is 1. The van der Waals surface area contributed by atoms with Crippen LogP contribution in [0.2, 0.25) is 0 Å². The molecule has 1 aliphatic heterocycles. The highest BCUT2D eigenvalue weighted by molar-refractivity contribution is 5.68. The van der Waals surface area contributed by atoms with Crippen LogP contribution in [0.25, 0.3) is 0 Å². The van der Waals surface area contributed by atoms with Crippen LogP contribution in [0, 0.1) is 0 Å². The summed E-state index contributed by atoms with van der Waals surface area (Å²) in [5, 5.41) is 3.60. The molecule has 8 heteroatoms. The number of hydrogen-bond acceptors (Lipinski definition) is 6.